The summed E-state index contributed by atoms with van der Waals surface area (Å²) in [5, 5.41) is 8.96. The Kier molecular flexibility index (Phi) is 4.42. The van der Waals surface area contributed by atoms with Crippen molar-refractivity contribution in [2.45, 2.75) is 63.8 Å². The van der Waals surface area contributed by atoms with Gasteiger partial charge in [-0.05, 0) is 25.2 Å². The van der Waals surface area contributed by atoms with Gasteiger partial charge in [0, 0.05) is 13.0 Å². The number of carbonyl (C=O) groups is 1. The molecule has 2 aliphatic rings. The van der Waals surface area contributed by atoms with Crippen LogP contribution < -0.4 is 0 Å². The summed E-state index contributed by atoms with van der Waals surface area (Å²) in [5.74, 6) is 0.968. The highest BCUT2D eigenvalue weighted by Gasteiger charge is 2.28. The smallest absolute Gasteiger partial charge is 0.223 e. The molecule has 0 spiro atoms. The van der Waals surface area contributed by atoms with E-state index >= 15 is 0 Å². The molecule has 17 heavy (non-hydrogen) atoms. The van der Waals surface area contributed by atoms with Crippen LogP contribution in [0.2, 0.25) is 0 Å². The molecule has 0 unspecified atom stereocenters. The van der Waals surface area contributed by atoms with Gasteiger partial charge >= 0.3 is 0 Å². The maximum Gasteiger partial charge on any atom is 0.223 e. The Balaban J connectivity index is 1.75. The minimum absolute atomic E-state index is 0.145. The van der Waals surface area contributed by atoms with Crippen molar-refractivity contribution < 1.29 is 4.79 Å². The fourth-order valence-corrected chi connectivity index (χ4v) is 3.15. The lowest BCUT2D eigenvalue weighted by atomic mass is 9.86. The zero-order chi connectivity index (χ0) is 12.1. The molecule has 0 aromatic rings. The summed E-state index contributed by atoms with van der Waals surface area (Å²) >= 11 is 0. The molecule has 1 atom stereocenters. The second-order valence-electron chi connectivity index (χ2n) is 5.42. The van der Waals surface area contributed by atoms with Crippen LogP contribution in [0, 0.1) is 17.2 Å². The number of carbonyl (C=O) groups excluding carboxylic acids is 1. The van der Waals surface area contributed by atoms with Gasteiger partial charge in [-0.15, -0.1) is 0 Å². The molecule has 0 aromatic heterocycles. The van der Waals surface area contributed by atoms with E-state index in [-0.39, 0.29) is 11.9 Å². The summed E-state index contributed by atoms with van der Waals surface area (Å²) in [5.41, 5.74) is 0. The molecule has 0 N–H and O–H groups in total. The predicted octanol–water partition coefficient (Wildman–Crippen LogP) is 2.86. The monoisotopic (exact) mass is 234 g/mol. The minimum Gasteiger partial charge on any atom is -0.327 e. The number of nitriles is 1. The van der Waals surface area contributed by atoms with Crippen molar-refractivity contribution in [1.82, 2.24) is 4.90 Å². The summed E-state index contributed by atoms with van der Waals surface area (Å²) in [7, 11) is 0. The van der Waals surface area contributed by atoms with Crippen LogP contribution in [0.3, 0.4) is 0 Å². The Morgan fingerprint density at radius 1 is 1.18 bits per heavy atom. The summed E-state index contributed by atoms with van der Waals surface area (Å²) in [6.45, 7) is 0.793. The standard InChI is InChI=1S/C14H22N2O/c15-11-13-7-4-10-16(13)14(17)9-8-12-5-2-1-3-6-12/h12-13H,1-10H2/t13-/m0/s1. The second-order valence-corrected chi connectivity index (χ2v) is 5.42. The lowest BCUT2D eigenvalue weighted by Crippen LogP contribution is -2.34. The predicted molar refractivity (Wildman–Crippen MR) is 66.2 cm³/mol. The Morgan fingerprint density at radius 2 is 1.94 bits per heavy atom. The minimum atomic E-state index is -0.145. The van der Waals surface area contributed by atoms with Gasteiger partial charge < -0.3 is 4.90 Å². The number of hydrogen-bond donors (Lipinski definition) is 0. The lowest BCUT2D eigenvalue weighted by molar-refractivity contribution is -0.131. The first-order chi connectivity index (χ1) is 8.31. The Bertz CT molecular complexity index is 302. The van der Waals surface area contributed by atoms with E-state index in [9.17, 15) is 4.79 Å². The average molecular weight is 234 g/mol. The topological polar surface area (TPSA) is 44.1 Å². The molecule has 1 heterocycles. The van der Waals surface area contributed by atoms with E-state index in [0.717, 1.165) is 31.7 Å². The quantitative estimate of drug-likeness (QED) is 0.753. The van der Waals surface area contributed by atoms with E-state index in [2.05, 4.69) is 6.07 Å². The van der Waals surface area contributed by atoms with Crippen LogP contribution in [-0.2, 0) is 4.79 Å². The van der Waals surface area contributed by atoms with Gasteiger partial charge in [0.15, 0.2) is 0 Å². The number of hydrogen-bond acceptors (Lipinski definition) is 2. The van der Waals surface area contributed by atoms with Crippen LogP contribution in [0.1, 0.15) is 57.8 Å². The highest BCUT2D eigenvalue weighted by Crippen LogP contribution is 2.28. The molecule has 1 aliphatic heterocycles. The maximum atomic E-state index is 12.0. The number of rotatable bonds is 3. The van der Waals surface area contributed by atoms with E-state index in [0.29, 0.717) is 6.42 Å². The molecule has 0 aromatic carbocycles. The Morgan fingerprint density at radius 3 is 2.65 bits per heavy atom. The highest BCUT2D eigenvalue weighted by atomic mass is 16.2. The number of likely N-dealkylation sites (tertiary alicyclic amines) is 1. The van der Waals surface area contributed by atoms with Crippen molar-refractivity contribution in [1.29, 1.82) is 5.26 Å². The fraction of sp³-hybridized carbons (Fsp3) is 0.857. The normalized spacial score (nSPS) is 25.8. The van der Waals surface area contributed by atoms with Crippen molar-refractivity contribution in [3.63, 3.8) is 0 Å². The van der Waals surface area contributed by atoms with Crippen molar-refractivity contribution in [3.8, 4) is 6.07 Å². The van der Waals surface area contributed by atoms with E-state index in [1.807, 2.05) is 0 Å². The third-order valence-corrected chi connectivity index (χ3v) is 4.21. The van der Waals surface area contributed by atoms with Crippen LogP contribution in [0.25, 0.3) is 0 Å². The second kappa shape index (κ2) is 6.05. The molecule has 3 heteroatoms. The van der Waals surface area contributed by atoms with Crippen molar-refractivity contribution in [2.24, 2.45) is 5.92 Å². The Labute approximate surface area is 104 Å². The van der Waals surface area contributed by atoms with Crippen LogP contribution in [0.4, 0.5) is 0 Å². The Hall–Kier alpha value is -1.04. The first-order valence-electron chi connectivity index (χ1n) is 7.00. The molecule has 1 aliphatic carbocycles. The van der Waals surface area contributed by atoms with E-state index in [1.54, 1.807) is 4.90 Å². The van der Waals surface area contributed by atoms with Crippen molar-refractivity contribution in [3.05, 3.63) is 0 Å². The molecule has 1 amide bonds. The maximum absolute atomic E-state index is 12.0. The van der Waals surface area contributed by atoms with Gasteiger partial charge in [0.25, 0.3) is 0 Å². The van der Waals surface area contributed by atoms with Gasteiger partial charge in [-0.25, -0.2) is 0 Å². The zero-order valence-corrected chi connectivity index (χ0v) is 10.5. The summed E-state index contributed by atoms with van der Waals surface area (Å²) in [4.78, 5) is 13.8. The summed E-state index contributed by atoms with van der Waals surface area (Å²) in [6, 6.07) is 2.09. The van der Waals surface area contributed by atoms with Gasteiger partial charge in [-0.2, -0.15) is 5.26 Å². The molecule has 1 saturated carbocycles. The highest BCUT2D eigenvalue weighted by molar-refractivity contribution is 5.77. The molecule has 94 valence electrons. The van der Waals surface area contributed by atoms with Crippen molar-refractivity contribution >= 4 is 5.91 Å². The molecular formula is C14H22N2O. The van der Waals surface area contributed by atoms with Gasteiger partial charge in [0.05, 0.1) is 6.07 Å². The SMILES string of the molecule is N#C[C@@H]1CCCN1C(=O)CCC1CCCCC1. The van der Waals surface area contributed by atoms with Gasteiger partial charge in [-0.1, -0.05) is 32.1 Å². The average Bonchev–Trinajstić information content (AvgIpc) is 2.85. The third kappa shape index (κ3) is 3.21. The largest absolute Gasteiger partial charge is 0.327 e. The molecular weight excluding hydrogens is 212 g/mol. The third-order valence-electron chi connectivity index (χ3n) is 4.21. The van der Waals surface area contributed by atoms with Crippen LogP contribution in [0.5, 0.6) is 0 Å². The van der Waals surface area contributed by atoms with Gasteiger partial charge in [0.1, 0.15) is 6.04 Å². The molecule has 3 nitrogen and oxygen atoms in total. The number of nitrogens with zero attached hydrogens (tertiary/aromatic N) is 2. The molecule has 0 radical (unpaired) electrons. The lowest BCUT2D eigenvalue weighted by Gasteiger charge is -2.23. The van der Waals surface area contributed by atoms with Gasteiger partial charge in [-0.3, -0.25) is 4.79 Å². The first kappa shape index (κ1) is 12.4. The van der Waals surface area contributed by atoms with Crippen molar-refractivity contribution in [2.75, 3.05) is 6.54 Å². The first-order valence-corrected chi connectivity index (χ1v) is 7.00. The molecule has 1 saturated heterocycles. The molecule has 0 bridgehead atoms. The summed E-state index contributed by atoms with van der Waals surface area (Å²) < 4.78 is 0. The van der Waals surface area contributed by atoms with Gasteiger partial charge in [0.2, 0.25) is 5.91 Å². The molecule has 2 fully saturated rings. The van der Waals surface area contributed by atoms with Crippen LogP contribution >= 0.6 is 0 Å². The van der Waals surface area contributed by atoms with Crippen LogP contribution in [-0.4, -0.2) is 23.4 Å². The van der Waals surface area contributed by atoms with E-state index in [4.69, 9.17) is 5.26 Å². The summed E-state index contributed by atoms with van der Waals surface area (Å²) in [6.07, 6.45) is 10.2. The number of amides is 1. The van der Waals surface area contributed by atoms with E-state index < -0.39 is 0 Å². The zero-order valence-electron chi connectivity index (χ0n) is 10.5. The van der Waals surface area contributed by atoms with Crippen LogP contribution in [0.15, 0.2) is 0 Å². The van der Waals surface area contributed by atoms with E-state index in [1.165, 1.54) is 32.1 Å². The molecule has 2 rings (SSSR count). The fourth-order valence-electron chi connectivity index (χ4n) is 3.15.